The number of hydrogen-bond acceptors (Lipinski definition) is 3. The lowest BCUT2D eigenvalue weighted by molar-refractivity contribution is 0.0285. The molecule has 1 aromatic carbocycles. The van der Waals surface area contributed by atoms with E-state index in [4.69, 9.17) is 9.47 Å². The fourth-order valence-corrected chi connectivity index (χ4v) is 3.56. The molecule has 0 aliphatic heterocycles. The van der Waals surface area contributed by atoms with Crippen LogP contribution < -0.4 is 4.74 Å². The number of ether oxygens (including phenoxy) is 2. The smallest absolute Gasteiger partial charge is 0.169 e. The first-order valence-electron chi connectivity index (χ1n) is 6.93. The predicted octanol–water partition coefficient (Wildman–Crippen LogP) is 3.01. The monoisotopic (exact) mass is 260 g/mol. The molecule has 0 radical (unpaired) electrons. The third kappa shape index (κ3) is 1.96. The van der Waals surface area contributed by atoms with E-state index in [-0.39, 0.29) is 5.41 Å². The summed E-state index contributed by atoms with van der Waals surface area (Å²) >= 11 is 0. The molecule has 2 aliphatic carbocycles. The molecule has 0 atom stereocenters. The van der Waals surface area contributed by atoms with Gasteiger partial charge in [-0.3, -0.25) is 4.79 Å². The molecular formula is C16H20O3. The highest BCUT2D eigenvalue weighted by Crippen LogP contribution is 2.48. The van der Waals surface area contributed by atoms with Crippen molar-refractivity contribution in [2.45, 2.75) is 38.2 Å². The second kappa shape index (κ2) is 4.64. The Bertz CT molecular complexity index is 499. The van der Waals surface area contributed by atoms with Gasteiger partial charge in [-0.15, -0.1) is 0 Å². The molecule has 1 aromatic rings. The molecule has 2 aliphatic rings. The first kappa shape index (κ1) is 12.7. The normalized spacial score (nSPS) is 29.6. The first-order chi connectivity index (χ1) is 9.18. The average Bonchev–Trinajstić information content (AvgIpc) is 2.72. The summed E-state index contributed by atoms with van der Waals surface area (Å²) in [5.74, 6) is 1.09. The summed E-state index contributed by atoms with van der Waals surface area (Å²) in [5.41, 5.74) is 1.89. The van der Waals surface area contributed by atoms with Gasteiger partial charge in [-0.2, -0.15) is 0 Å². The number of ketones is 1. The summed E-state index contributed by atoms with van der Waals surface area (Å²) < 4.78 is 10.6. The molecule has 0 unspecified atom stereocenters. The van der Waals surface area contributed by atoms with E-state index in [0.29, 0.717) is 11.9 Å². The van der Waals surface area contributed by atoms with E-state index in [9.17, 15) is 4.79 Å². The van der Waals surface area contributed by atoms with Crippen LogP contribution in [0.2, 0.25) is 0 Å². The minimum absolute atomic E-state index is 0.163. The molecule has 0 saturated heterocycles. The van der Waals surface area contributed by atoms with Gasteiger partial charge in [0, 0.05) is 18.1 Å². The van der Waals surface area contributed by atoms with Crippen LogP contribution >= 0.6 is 0 Å². The third-order valence-electron chi connectivity index (χ3n) is 4.80. The fraction of sp³-hybridized carbons (Fsp3) is 0.562. The zero-order chi connectivity index (χ0) is 13.5. The molecule has 0 aromatic heterocycles. The second-order valence-electron chi connectivity index (χ2n) is 5.74. The van der Waals surface area contributed by atoms with E-state index in [1.807, 2.05) is 18.2 Å². The lowest BCUT2D eigenvalue weighted by Gasteiger charge is -2.35. The Balaban J connectivity index is 1.87. The molecule has 3 nitrogen and oxygen atoms in total. The van der Waals surface area contributed by atoms with Crippen molar-refractivity contribution in [3.05, 3.63) is 29.3 Å². The largest absolute Gasteiger partial charge is 0.497 e. The zero-order valence-electron chi connectivity index (χ0n) is 11.6. The Hall–Kier alpha value is -1.35. The maximum Gasteiger partial charge on any atom is 0.169 e. The molecule has 0 heterocycles. The first-order valence-corrected chi connectivity index (χ1v) is 6.93. The Kier molecular flexibility index (Phi) is 3.09. The third-order valence-corrected chi connectivity index (χ3v) is 4.80. The van der Waals surface area contributed by atoms with Gasteiger partial charge in [0.25, 0.3) is 0 Å². The number of Topliss-reactive ketones (excluding diaryl/α,β-unsaturated/α-hetero) is 1. The number of fused-ring (bicyclic) bond motifs is 1. The van der Waals surface area contributed by atoms with Crippen LogP contribution in [0.5, 0.6) is 5.75 Å². The SMILES string of the molecule is COc1ccc2c(c1)C(=O)C1(CCC(OC)CC1)C2. The summed E-state index contributed by atoms with van der Waals surface area (Å²) in [6.07, 6.45) is 5.10. The average molecular weight is 260 g/mol. The zero-order valence-corrected chi connectivity index (χ0v) is 11.6. The molecule has 3 rings (SSSR count). The van der Waals surface area contributed by atoms with Crippen LogP contribution in [0.25, 0.3) is 0 Å². The highest BCUT2D eigenvalue weighted by molar-refractivity contribution is 6.05. The molecular weight excluding hydrogens is 240 g/mol. The van der Waals surface area contributed by atoms with Crippen molar-refractivity contribution in [3.63, 3.8) is 0 Å². The van der Waals surface area contributed by atoms with E-state index in [1.165, 1.54) is 5.56 Å². The maximum absolute atomic E-state index is 12.7. The molecule has 0 bridgehead atoms. The van der Waals surface area contributed by atoms with Crippen molar-refractivity contribution in [1.82, 2.24) is 0 Å². The van der Waals surface area contributed by atoms with Gasteiger partial charge in [0.2, 0.25) is 0 Å². The minimum atomic E-state index is -0.163. The number of carbonyl (C=O) groups excluding carboxylic acids is 1. The standard InChI is InChI=1S/C16H20O3/c1-18-12-5-7-16(8-6-12)10-11-3-4-13(19-2)9-14(11)15(16)17/h3-4,9,12H,5-8,10H2,1-2H3. The van der Waals surface area contributed by atoms with Crippen LogP contribution in [-0.2, 0) is 11.2 Å². The van der Waals surface area contributed by atoms with Crippen LogP contribution in [0.3, 0.4) is 0 Å². The van der Waals surface area contributed by atoms with Gasteiger partial charge in [0.05, 0.1) is 13.2 Å². The maximum atomic E-state index is 12.7. The van der Waals surface area contributed by atoms with Gasteiger partial charge in [0.1, 0.15) is 5.75 Å². The number of methoxy groups -OCH3 is 2. The van der Waals surface area contributed by atoms with Gasteiger partial charge in [-0.1, -0.05) is 6.07 Å². The van der Waals surface area contributed by atoms with E-state index >= 15 is 0 Å². The van der Waals surface area contributed by atoms with Crippen LogP contribution in [0.4, 0.5) is 0 Å². The van der Waals surface area contributed by atoms with Crippen molar-refractivity contribution >= 4 is 5.78 Å². The van der Waals surface area contributed by atoms with Crippen LogP contribution in [-0.4, -0.2) is 26.1 Å². The van der Waals surface area contributed by atoms with Gasteiger partial charge >= 0.3 is 0 Å². The van der Waals surface area contributed by atoms with Crippen molar-refractivity contribution in [3.8, 4) is 5.75 Å². The number of benzene rings is 1. The molecule has 102 valence electrons. The van der Waals surface area contributed by atoms with E-state index in [0.717, 1.165) is 43.4 Å². The van der Waals surface area contributed by atoms with E-state index < -0.39 is 0 Å². The summed E-state index contributed by atoms with van der Waals surface area (Å²) in [5, 5.41) is 0. The number of rotatable bonds is 2. The Morgan fingerprint density at radius 3 is 2.58 bits per heavy atom. The second-order valence-corrected chi connectivity index (χ2v) is 5.74. The van der Waals surface area contributed by atoms with Crippen molar-refractivity contribution in [2.75, 3.05) is 14.2 Å². The van der Waals surface area contributed by atoms with E-state index in [2.05, 4.69) is 0 Å². The molecule has 0 amide bonds. The van der Waals surface area contributed by atoms with Gasteiger partial charge in [-0.05, 0) is 49.8 Å². The summed E-state index contributed by atoms with van der Waals surface area (Å²) in [7, 11) is 3.40. The molecule has 1 saturated carbocycles. The summed E-state index contributed by atoms with van der Waals surface area (Å²) in [4.78, 5) is 12.7. The molecule has 0 N–H and O–H groups in total. The molecule has 1 spiro atoms. The molecule has 1 fully saturated rings. The number of hydrogen-bond donors (Lipinski definition) is 0. The van der Waals surface area contributed by atoms with Gasteiger partial charge in [-0.25, -0.2) is 0 Å². The Labute approximate surface area is 113 Å². The minimum Gasteiger partial charge on any atom is -0.497 e. The summed E-state index contributed by atoms with van der Waals surface area (Å²) in [6.45, 7) is 0. The van der Waals surface area contributed by atoms with Crippen molar-refractivity contribution in [2.24, 2.45) is 5.41 Å². The summed E-state index contributed by atoms with van der Waals surface area (Å²) in [6, 6.07) is 5.89. The van der Waals surface area contributed by atoms with Crippen LogP contribution in [0, 0.1) is 5.41 Å². The topological polar surface area (TPSA) is 35.5 Å². The lowest BCUT2D eigenvalue weighted by Crippen LogP contribution is -2.35. The quantitative estimate of drug-likeness (QED) is 0.820. The Morgan fingerprint density at radius 1 is 1.21 bits per heavy atom. The van der Waals surface area contributed by atoms with Crippen LogP contribution in [0.15, 0.2) is 18.2 Å². The van der Waals surface area contributed by atoms with Crippen molar-refractivity contribution in [1.29, 1.82) is 0 Å². The lowest BCUT2D eigenvalue weighted by atomic mass is 9.70. The molecule has 19 heavy (non-hydrogen) atoms. The van der Waals surface area contributed by atoms with Gasteiger partial charge < -0.3 is 9.47 Å². The predicted molar refractivity (Wildman–Crippen MR) is 72.7 cm³/mol. The van der Waals surface area contributed by atoms with Crippen LogP contribution in [0.1, 0.15) is 41.6 Å². The highest BCUT2D eigenvalue weighted by atomic mass is 16.5. The number of carbonyl (C=O) groups is 1. The Morgan fingerprint density at radius 2 is 1.95 bits per heavy atom. The highest BCUT2D eigenvalue weighted by Gasteiger charge is 2.47. The molecule has 3 heteroatoms. The van der Waals surface area contributed by atoms with Gasteiger partial charge in [0.15, 0.2) is 5.78 Å². The van der Waals surface area contributed by atoms with Crippen molar-refractivity contribution < 1.29 is 14.3 Å². The fourth-order valence-electron chi connectivity index (χ4n) is 3.56. The van der Waals surface area contributed by atoms with E-state index in [1.54, 1.807) is 14.2 Å².